The molecule has 0 aromatic heterocycles. The minimum Gasteiger partial charge on any atom is -0.457 e. The number of amides is 1. The molecule has 0 aliphatic carbocycles. The summed E-state index contributed by atoms with van der Waals surface area (Å²) >= 11 is 3.26. The Labute approximate surface area is 178 Å². The lowest BCUT2D eigenvalue weighted by Crippen LogP contribution is -2.32. The fraction of sp³-hybridized carbons (Fsp3) is 0.381. The van der Waals surface area contributed by atoms with Gasteiger partial charge in [0, 0.05) is 35.3 Å². The van der Waals surface area contributed by atoms with E-state index >= 15 is 0 Å². The average molecular weight is 462 g/mol. The third-order valence-electron chi connectivity index (χ3n) is 4.89. The number of nitro groups is 1. The number of non-ortho nitro benzene ring substituents is 1. The number of anilines is 1. The first-order valence-electron chi connectivity index (χ1n) is 9.66. The number of rotatable bonds is 7. The lowest BCUT2D eigenvalue weighted by molar-refractivity contribution is -0.385. The highest BCUT2D eigenvalue weighted by atomic mass is 79.9. The summed E-state index contributed by atoms with van der Waals surface area (Å²) in [5.41, 5.74) is 1.53. The molecule has 0 unspecified atom stereocenters. The molecule has 1 heterocycles. The van der Waals surface area contributed by atoms with Crippen LogP contribution in [0.1, 0.15) is 31.2 Å². The zero-order valence-corrected chi connectivity index (χ0v) is 17.9. The van der Waals surface area contributed by atoms with E-state index in [0.29, 0.717) is 28.1 Å². The summed E-state index contributed by atoms with van der Waals surface area (Å²) in [7, 11) is 0. The lowest BCUT2D eigenvalue weighted by atomic mass is 10.1. The van der Waals surface area contributed by atoms with Crippen molar-refractivity contribution in [1.29, 1.82) is 0 Å². The smallest absolute Gasteiger partial charge is 0.274 e. The van der Waals surface area contributed by atoms with Crippen molar-refractivity contribution in [3.05, 3.63) is 56.5 Å². The second-order valence-corrected chi connectivity index (χ2v) is 8.10. The van der Waals surface area contributed by atoms with E-state index in [1.165, 1.54) is 31.4 Å². The van der Waals surface area contributed by atoms with Crippen molar-refractivity contribution in [3.63, 3.8) is 0 Å². The number of ether oxygens (including phenoxy) is 1. The van der Waals surface area contributed by atoms with E-state index in [2.05, 4.69) is 26.1 Å². The number of hydrogen-bond donors (Lipinski definition) is 1. The minimum atomic E-state index is -0.471. The summed E-state index contributed by atoms with van der Waals surface area (Å²) in [4.78, 5) is 25.3. The fourth-order valence-electron chi connectivity index (χ4n) is 3.30. The van der Waals surface area contributed by atoms with Crippen LogP contribution >= 0.6 is 15.9 Å². The molecule has 0 spiro atoms. The van der Waals surface area contributed by atoms with Gasteiger partial charge in [0.25, 0.3) is 5.69 Å². The first-order valence-corrected chi connectivity index (χ1v) is 10.5. The molecule has 1 fully saturated rings. The van der Waals surface area contributed by atoms with Gasteiger partial charge in [-0.05, 0) is 50.6 Å². The van der Waals surface area contributed by atoms with E-state index in [1.54, 1.807) is 18.2 Å². The van der Waals surface area contributed by atoms with Gasteiger partial charge in [-0.1, -0.05) is 28.4 Å². The first-order chi connectivity index (χ1) is 13.9. The lowest BCUT2D eigenvalue weighted by Gasteiger charge is -2.26. The van der Waals surface area contributed by atoms with Crippen LogP contribution in [0, 0.1) is 17.0 Å². The van der Waals surface area contributed by atoms with Crippen LogP contribution in [0.3, 0.4) is 0 Å². The number of halogens is 1. The van der Waals surface area contributed by atoms with Gasteiger partial charge in [-0.25, -0.2) is 0 Å². The zero-order chi connectivity index (χ0) is 20.8. The topological polar surface area (TPSA) is 84.7 Å². The molecule has 2 aromatic rings. The summed E-state index contributed by atoms with van der Waals surface area (Å²) in [6.07, 6.45) is 4.12. The van der Waals surface area contributed by atoms with Crippen molar-refractivity contribution >= 4 is 33.2 Å². The molecule has 29 heavy (non-hydrogen) atoms. The molecule has 154 valence electrons. The van der Waals surface area contributed by atoms with Gasteiger partial charge in [0.2, 0.25) is 5.91 Å². The van der Waals surface area contributed by atoms with Crippen LogP contribution in [0.5, 0.6) is 11.5 Å². The SMILES string of the molecule is Cc1ccc(Oc2cc(Br)cc([N+](=O)[O-])c2)cc1NC(=O)CCN1CCCCC1. The third-order valence-corrected chi connectivity index (χ3v) is 5.35. The van der Waals surface area contributed by atoms with E-state index in [4.69, 9.17) is 4.74 Å². The Kier molecular flexibility index (Phi) is 7.22. The number of nitrogens with zero attached hydrogens (tertiary/aromatic N) is 2. The number of hydrogen-bond acceptors (Lipinski definition) is 5. The molecular formula is C21H24BrN3O4. The first kappa shape index (κ1) is 21.3. The molecule has 2 aromatic carbocycles. The molecule has 0 atom stereocenters. The van der Waals surface area contributed by atoms with Crippen molar-refractivity contribution in [3.8, 4) is 11.5 Å². The number of carbonyl (C=O) groups is 1. The molecule has 3 rings (SSSR count). The molecule has 7 nitrogen and oxygen atoms in total. The van der Waals surface area contributed by atoms with Crippen LogP contribution < -0.4 is 10.1 Å². The number of benzene rings is 2. The second kappa shape index (κ2) is 9.84. The molecule has 1 N–H and O–H groups in total. The normalized spacial score (nSPS) is 14.4. The second-order valence-electron chi connectivity index (χ2n) is 7.18. The van der Waals surface area contributed by atoms with Crippen LogP contribution in [0.15, 0.2) is 40.9 Å². The summed E-state index contributed by atoms with van der Waals surface area (Å²) in [6, 6.07) is 9.79. The number of nitro benzene ring substituents is 1. The molecule has 1 aliphatic rings. The average Bonchev–Trinajstić information content (AvgIpc) is 2.69. The van der Waals surface area contributed by atoms with Gasteiger partial charge in [-0.3, -0.25) is 14.9 Å². The van der Waals surface area contributed by atoms with Gasteiger partial charge >= 0.3 is 0 Å². The number of carbonyl (C=O) groups excluding carboxylic acids is 1. The summed E-state index contributed by atoms with van der Waals surface area (Å²) in [5.74, 6) is 0.806. The summed E-state index contributed by atoms with van der Waals surface area (Å²) in [5, 5.41) is 14.0. The van der Waals surface area contributed by atoms with Crippen LogP contribution in [0.25, 0.3) is 0 Å². The Balaban J connectivity index is 1.65. The number of nitrogens with one attached hydrogen (secondary N) is 1. The molecular weight excluding hydrogens is 438 g/mol. The van der Waals surface area contributed by atoms with Crippen molar-refractivity contribution in [1.82, 2.24) is 4.90 Å². The maximum absolute atomic E-state index is 12.4. The maximum atomic E-state index is 12.4. The number of aryl methyl sites for hydroxylation is 1. The van der Waals surface area contributed by atoms with Crippen molar-refractivity contribution in [2.45, 2.75) is 32.6 Å². The van der Waals surface area contributed by atoms with Crippen LogP contribution in [-0.2, 0) is 4.79 Å². The Bertz CT molecular complexity index is 897. The number of likely N-dealkylation sites (tertiary alicyclic amines) is 1. The quantitative estimate of drug-likeness (QED) is 0.448. The van der Waals surface area contributed by atoms with Crippen molar-refractivity contribution in [2.75, 3.05) is 25.0 Å². The fourth-order valence-corrected chi connectivity index (χ4v) is 3.76. The molecule has 1 aliphatic heterocycles. The van der Waals surface area contributed by atoms with Gasteiger partial charge in [-0.15, -0.1) is 0 Å². The van der Waals surface area contributed by atoms with Gasteiger partial charge in [0.05, 0.1) is 11.0 Å². The standard InChI is InChI=1S/C21H24BrN3O4/c1-15-5-6-18(29-19-12-16(22)11-17(13-19)25(27)28)14-20(15)23-21(26)7-10-24-8-3-2-4-9-24/h5-6,11-14H,2-4,7-10H2,1H3,(H,23,26). The largest absolute Gasteiger partial charge is 0.457 e. The van der Waals surface area contributed by atoms with Crippen LogP contribution in [0.2, 0.25) is 0 Å². The van der Waals surface area contributed by atoms with Crippen LogP contribution in [-0.4, -0.2) is 35.4 Å². The van der Waals surface area contributed by atoms with Gasteiger partial charge in [0.15, 0.2) is 0 Å². The zero-order valence-electron chi connectivity index (χ0n) is 16.3. The summed E-state index contributed by atoms with van der Waals surface area (Å²) in [6.45, 7) is 4.81. The molecule has 8 heteroatoms. The Hall–Kier alpha value is -2.45. The Morgan fingerprint density at radius 2 is 1.93 bits per heavy atom. The Morgan fingerprint density at radius 3 is 2.66 bits per heavy atom. The molecule has 1 saturated heterocycles. The van der Waals surface area contributed by atoms with Crippen molar-refractivity contribution in [2.24, 2.45) is 0 Å². The predicted octanol–water partition coefficient (Wildman–Crippen LogP) is 5.27. The molecule has 0 bridgehead atoms. The van der Waals surface area contributed by atoms with E-state index in [-0.39, 0.29) is 11.6 Å². The van der Waals surface area contributed by atoms with E-state index in [1.807, 2.05) is 13.0 Å². The molecule has 0 saturated carbocycles. The van der Waals surface area contributed by atoms with Crippen molar-refractivity contribution < 1.29 is 14.5 Å². The highest BCUT2D eigenvalue weighted by molar-refractivity contribution is 9.10. The third kappa shape index (κ3) is 6.27. The van der Waals surface area contributed by atoms with Gasteiger partial charge < -0.3 is 15.0 Å². The maximum Gasteiger partial charge on any atom is 0.274 e. The van der Waals surface area contributed by atoms with Crippen LogP contribution in [0.4, 0.5) is 11.4 Å². The number of piperidine rings is 1. The minimum absolute atomic E-state index is 0.0334. The van der Waals surface area contributed by atoms with E-state index < -0.39 is 4.92 Å². The van der Waals surface area contributed by atoms with E-state index in [0.717, 1.165) is 25.2 Å². The molecule has 0 radical (unpaired) electrons. The molecule has 1 amide bonds. The Morgan fingerprint density at radius 1 is 1.17 bits per heavy atom. The highest BCUT2D eigenvalue weighted by Gasteiger charge is 2.14. The highest BCUT2D eigenvalue weighted by Crippen LogP contribution is 2.31. The summed E-state index contributed by atoms with van der Waals surface area (Å²) < 4.78 is 6.34. The van der Waals surface area contributed by atoms with E-state index in [9.17, 15) is 14.9 Å². The van der Waals surface area contributed by atoms with Gasteiger partial charge in [0.1, 0.15) is 11.5 Å². The monoisotopic (exact) mass is 461 g/mol. The van der Waals surface area contributed by atoms with Gasteiger partial charge in [-0.2, -0.15) is 0 Å². The predicted molar refractivity (Wildman–Crippen MR) is 116 cm³/mol.